The molecule has 1 rings (SSSR count). The van der Waals surface area contributed by atoms with Gasteiger partial charge in [0.15, 0.2) is 0 Å². The van der Waals surface area contributed by atoms with Gasteiger partial charge in [-0.15, -0.1) is 0 Å². The molecule has 0 aromatic rings. The van der Waals surface area contributed by atoms with Gasteiger partial charge in [-0.05, 0) is 19.3 Å². The minimum atomic E-state index is -0.0786. The molecule has 0 aliphatic heterocycles. The Balaban J connectivity index is 2.49. The Morgan fingerprint density at radius 1 is 1.50 bits per heavy atom. The average Bonchev–Trinajstić information content (AvgIpc) is 2.02. The lowest BCUT2D eigenvalue weighted by Crippen LogP contribution is -2.60. The molecule has 72 valence electrons. The van der Waals surface area contributed by atoms with Crippen molar-refractivity contribution in [2.24, 2.45) is 5.84 Å². The number of nitrogens with one attached hydrogen (secondary N) is 1. The van der Waals surface area contributed by atoms with Gasteiger partial charge in [-0.1, -0.05) is 0 Å². The normalized spacial score (nSPS) is 23.2. The molecule has 0 spiro atoms. The van der Waals surface area contributed by atoms with Crippen molar-refractivity contribution in [2.75, 3.05) is 20.8 Å². The van der Waals surface area contributed by atoms with Crippen molar-refractivity contribution in [1.29, 1.82) is 0 Å². The number of hydrogen-bond acceptors (Lipinski definition) is 4. The minimum absolute atomic E-state index is 0.0786. The van der Waals surface area contributed by atoms with Crippen molar-refractivity contribution >= 4 is 0 Å². The molecule has 0 bridgehead atoms. The largest absolute Gasteiger partial charge is 0.383 e. The van der Waals surface area contributed by atoms with Crippen LogP contribution in [-0.4, -0.2) is 32.5 Å². The molecule has 4 heteroatoms. The van der Waals surface area contributed by atoms with E-state index in [-0.39, 0.29) is 11.6 Å². The lowest BCUT2D eigenvalue weighted by molar-refractivity contribution is -0.111. The van der Waals surface area contributed by atoms with E-state index in [4.69, 9.17) is 15.3 Å². The molecular weight excluding hydrogens is 156 g/mol. The van der Waals surface area contributed by atoms with E-state index < -0.39 is 0 Å². The van der Waals surface area contributed by atoms with Crippen LogP contribution in [0.4, 0.5) is 0 Å². The molecule has 1 aliphatic rings. The van der Waals surface area contributed by atoms with E-state index in [0.29, 0.717) is 6.61 Å². The van der Waals surface area contributed by atoms with Gasteiger partial charge in [0.05, 0.1) is 18.2 Å². The van der Waals surface area contributed by atoms with Gasteiger partial charge in [0, 0.05) is 14.2 Å². The molecule has 0 aromatic heterocycles. The van der Waals surface area contributed by atoms with E-state index in [1.165, 1.54) is 6.42 Å². The van der Waals surface area contributed by atoms with Crippen LogP contribution in [0.25, 0.3) is 0 Å². The summed E-state index contributed by atoms with van der Waals surface area (Å²) in [5.74, 6) is 5.42. The molecule has 0 radical (unpaired) electrons. The minimum Gasteiger partial charge on any atom is -0.383 e. The van der Waals surface area contributed by atoms with E-state index in [9.17, 15) is 0 Å². The maximum atomic E-state index is 5.46. The van der Waals surface area contributed by atoms with Gasteiger partial charge in [0.2, 0.25) is 0 Å². The quantitative estimate of drug-likeness (QED) is 0.456. The highest BCUT2D eigenvalue weighted by molar-refractivity contribution is 4.98. The topological polar surface area (TPSA) is 56.5 Å². The standard InChI is InChI=1S/C8H18N2O2/c1-11-6-7(10-9)8(12-2)4-3-5-8/h7,10H,3-6,9H2,1-2H3. The van der Waals surface area contributed by atoms with Gasteiger partial charge < -0.3 is 9.47 Å². The first-order valence-corrected chi connectivity index (χ1v) is 4.29. The third kappa shape index (κ3) is 1.61. The summed E-state index contributed by atoms with van der Waals surface area (Å²) in [6, 6.07) is 0.112. The van der Waals surface area contributed by atoms with Crippen molar-refractivity contribution in [3.8, 4) is 0 Å². The van der Waals surface area contributed by atoms with Crippen molar-refractivity contribution < 1.29 is 9.47 Å². The lowest BCUT2D eigenvalue weighted by Gasteiger charge is -2.45. The summed E-state index contributed by atoms with van der Waals surface area (Å²) in [6.07, 6.45) is 3.36. The fourth-order valence-corrected chi connectivity index (χ4v) is 1.74. The van der Waals surface area contributed by atoms with E-state index in [1.807, 2.05) is 0 Å². The zero-order valence-corrected chi connectivity index (χ0v) is 7.80. The van der Waals surface area contributed by atoms with Crippen LogP contribution in [-0.2, 0) is 9.47 Å². The van der Waals surface area contributed by atoms with Crippen LogP contribution in [0.3, 0.4) is 0 Å². The summed E-state index contributed by atoms with van der Waals surface area (Å²) in [7, 11) is 3.41. The number of hydrazine groups is 1. The summed E-state index contributed by atoms with van der Waals surface area (Å²) >= 11 is 0. The molecule has 1 atom stereocenters. The van der Waals surface area contributed by atoms with Gasteiger partial charge in [0.25, 0.3) is 0 Å². The maximum Gasteiger partial charge on any atom is 0.0866 e. The second-order valence-electron chi connectivity index (χ2n) is 3.30. The van der Waals surface area contributed by atoms with E-state index in [2.05, 4.69) is 5.43 Å². The number of ether oxygens (including phenoxy) is 2. The molecule has 12 heavy (non-hydrogen) atoms. The highest BCUT2D eigenvalue weighted by Gasteiger charge is 2.44. The Hall–Kier alpha value is -0.160. The first-order chi connectivity index (χ1) is 5.79. The predicted octanol–water partition coefficient (Wildman–Crippen LogP) is 0.0338. The Morgan fingerprint density at radius 2 is 2.17 bits per heavy atom. The van der Waals surface area contributed by atoms with Crippen molar-refractivity contribution in [1.82, 2.24) is 5.43 Å². The third-order valence-electron chi connectivity index (χ3n) is 2.78. The van der Waals surface area contributed by atoms with Gasteiger partial charge >= 0.3 is 0 Å². The number of methoxy groups -OCH3 is 2. The number of hydrogen-bond donors (Lipinski definition) is 2. The molecule has 4 nitrogen and oxygen atoms in total. The summed E-state index contributed by atoms with van der Waals surface area (Å²) in [5, 5.41) is 0. The van der Waals surface area contributed by atoms with Crippen LogP contribution in [0, 0.1) is 0 Å². The highest BCUT2D eigenvalue weighted by atomic mass is 16.5. The van der Waals surface area contributed by atoms with Crippen LogP contribution >= 0.6 is 0 Å². The Morgan fingerprint density at radius 3 is 2.42 bits per heavy atom. The lowest BCUT2D eigenvalue weighted by atomic mass is 9.75. The molecule has 0 heterocycles. The van der Waals surface area contributed by atoms with Crippen LogP contribution in [0.15, 0.2) is 0 Å². The SMILES string of the molecule is COCC(NN)C1(OC)CCC1. The molecule has 0 aromatic carbocycles. The smallest absolute Gasteiger partial charge is 0.0866 e. The molecule has 0 saturated heterocycles. The molecule has 1 fully saturated rings. The molecule has 0 amide bonds. The first-order valence-electron chi connectivity index (χ1n) is 4.29. The van der Waals surface area contributed by atoms with Crippen LogP contribution in [0.1, 0.15) is 19.3 Å². The summed E-state index contributed by atoms with van der Waals surface area (Å²) < 4.78 is 10.5. The van der Waals surface area contributed by atoms with E-state index in [0.717, 1.165) is 12.8 Å². The Kier molecular flexibility index (Phi) is 3.46. The van der Waals surface area contributed by atoms with Crippen LogP contribution in [0.5, 0.6) is 0 Å². The van der Waals surface area contributed by atoms with E-state index >= 15 is 0 Å². The van der Waals surface area contributed by atoms with Crippen molar-refractivity contribution in [3.05, 3.63) is 0 Å². The average molecular weight is 174 g/mol. The second kappa shape index (κ2) is 4.18. The number of nitrogens with two attached hydrogens (primary N) is 1. The first kappa shape index (κ1) is 9.92. The Bertz CT molecular complexity index is 132. The zero-order chi connectivity index (χ0) is 9.03. The summed E-state index contributed by atoms with van der Waals surface area (Å²) in [5.41, 5.74) is 2.67. The third-order valence-corrected chi connectivity index (χ3v) is 2.78. The second-order valence-corrected chi connectivity index (χ2v) is 3.30. The predicted molar refractivity (Wildman–Crippen MR) is 46.6 cm³/mol. The number of rotatable bonds is 5. The van der Waals surface area contributed by atoms with Gasteiger partial charge in [0.1, 0.15) is 0 Å². The summed E-state index contributed by atoms with van der Waals surface area (Å²) in [4.78, 5) is 0. The maximum absolute atomic E-state index is 5.46. The highest BCUT2D eigenvalue weighted by Crippen LogP contribution is 2.37. The van der Waals surface area contributed by atoms with Crippen molar-refractivity contribution in [3.63, 3.8) is 0 Å². The molecule has 1 saturated carbocycles. The van der Waals surface area contributed by atoms with Crippen molar-refractivity contribution in [2.45, 2.75) is 30.9 Å². The Labute approximate surface area is 73.4 Å². The van der Waals surface area contributed by atoms with Gasteiger partial charge in [-0.2, -0.15) is 0 Å². The molecular formula is C8H18N2O2. The van der Waals surface area contributed by atoms with Crippen LogP contribution in [0.2, 0.25) is 0 Å². The monoisotopic (exact) mass is 174 g/mol. The zero-order valence-electron chi connectivity index (χ0n) is 7.80. The van der Waals surface area contributed by atoms with Gasteiger partial charge in [-0.25, -0.2) is 0 Å². The fourth-order valence-electron chi connectivity index (χ4n) is 1.74. The fraction of sp³-hybridized carbons (Fsp3) is 1.00. The summed E-state index contributed by atoms with van der Waals surface area (Å²) in [6.45, 7) is 0.602. The molecule has 3 N–H and O–H groups in total. The van der Waals surface area contributed by atoms with Crippen LogP contribution < -0.4 is 11.3 Å². The molecule has 1 unspecified atom stereocenters. The van der Waals surface area contributed by atoms with Gasteiger partial charge in [-0.3, -0.25) is 11.3 Å². The molecule has 1 aliphatic carbocycles. The van der Waals surface area contributed by atoms with E-state index in [1.54, 1.807) is 14.2 Å².